The molecule has 0 N–H and O–H groups in total. The molecule has 2 rings (SSSR count). The zero-order valence-corrected chi connectivity index (χ0v) is 10.1. The van der Waals surface area contributed by atoms with Crippen LogP contribution in [0, 0.1) is 10.1 Å². The first-order valence-corrected chi connectivity index (χ1v) is 5.87. The first kappa shape index (κ1) is 12.3. The van der Waals surface area contributed by atoms with Crippen LogP contribution in [0.25, 0.3) is 10.9 Å². The molecule has 0 radical (unpaired) electrons. The molecule has 5 heteroatoms. The normalized spacial score (nSPS) is 10.7. The van der Waals surface area contributed by atoms with Crippen LogP contribution >= 0.6 is 0 Å². The van der Waals surface area contributed by atoms with Crippen molar-refractivity contribution in [1.29, 1.82) is 0 Å². The number of benzene rings is 1. The number of rotatable bonds is 5. The molecular weight excluding hydrogens is 232 g/mol. The number of nitrogens with zero attached hydrogens (tertiary/aromatic N) is 2. The Labute approximate surface area is 104 Å². The summed E-state index contributed by atoms with van der Waals surface area (Å²) in [6, 6.07) is 6.47. The van der Waals surface area contributed by atoms with Crippen LogP contribution in [0.3, 0.4) is 0 Å². The highest BCUT2D eigenvalue weighted by Crippen LogP contribution is 2.22. The van der Waals surface area contributed by atoms with Crippen LogP contribution in [0.15, 0.2) is 30.5 Å². The molecule has 18 heavy (non-hydrogen) atoms. The molecule has 1 aromatic carbocycles. The van der Waals surface area contributed by atoms with E-state index in [9.17, 15) is 14.9 Å². The molecule has 0 aliphatic heterocycles. The van der Waals surface area contributed by atoms with Crippen LogP contribution in [0.5, 0.6) is 0 Å². The van der Waals surface area contributed by atoms with Crippen molar-refractivity contribution in [3.05, 3.63) is 40.6 Å². The Balaban J connectivity index is 2.31. The number of aromatic nitrogens is 1. The fourth-order valence-electron chi connectivity index (χ4n) is 1.99. The molecule has 0 bridgehead atoms. The van der Waals surface area contributed by atoms with Gasteiger partial charge in [0.05, 0.1) is 11.5 Å². The van der Waals surface area contributed by atoms with Crippen molar-refractivity contribution < 1.29 is 9.72 Å². The van der Waals surface area contributed by atoms with Gasteiger partial charge < -0.3 is 4.57 Å². The maximum Gasteiger partial charge on any atom is 0.270 e. The predicted octanol–water partition coefficient (Wildman–Crippen LogP) is 2.92. The topological polar surface area (TPSA) is 65.1 Å². The molecule has 1 aromatic heterocycles. The third-order valence-electron chi connectivity index (χ3n) is 2.84. The maximum absolute atomic E-state index is 11.6. The highest BCUT2D eigenvalue weighted by atomic mass is 16.6. The zero-order valence-electron chi connectivity index (χ0n) is 10.1. The van der Waals surface area contributed by atoms with Gasteiger partial charge in [0.15, 0.2) is 5.78 Å². The first-order valence-electron chi connectivity index (χ1n) is 5.87. The average molecular weight is 246 g/mol. The van der Waals surface area contributed by atoms with Gasteiger partial charge in [0.1, 0.15) is 0 Å². The van der Waals surface area contributed by atoms with Crippen LogP contribution < -0.4 is 0 Å². The number of nitro benzene ring substituents is 1. The zero-order chi connectivity index (χ0) is 13.1. The summed E-state index contributed by atoms with van der Waals surface area (Å²) in [6.45, 7) is 2.30. The molecule has 5 nitrogen and oxygen atoms in total. The van der Waals surface area contributed by atoms with E-state index in [1.807, 2.05) is 11.5 Å². The van der Waals surface area contributed by atoms with E-state index in [1.54, 1.807) is 18.3 Å². The second-order valence-electron chi connectivity index (χ2n) is 4.23. The Bertz CT molecular complexity index is 601. The second kappa shape index (κ2) is 5.00. The van der Waals surface area contributed by atoms with E-state index in [0.717, 1.165) is 17.3 Å². The Morgan fingerprint density at radius 3 is 2.83 bits per heavy atom. The van der Waals surface area contributed by atoms with E-state index >= 15 is 0 Å². The molecule has 0 saturated heterocycles. The van der Waals surface area contributed by atoms with Crippen LogP contribution in [0.2, 0.25) is 0 Å². The van der Waals surface area contributed by atoms with E-state index in [2.05, 4.69) is 0 Å². The summed E-state index contributed by atoms with van der Waals surface area (Å²) in [6.07, 6.45) is 3.19. The fraction of sp³-hybridized carbons (Fsp3) is 0.308. The number of nitro groups is 1. The standard InChI is InChI=1S/C13H14N2O3/c1-2-3-12(16)9-14-7-6-10-8-11(15(17)18)4-5-13(10)14/h4-8H,2-3,9H2,1H3. The first-order chi connectivity index (χ1) is 8.61. The molecular formula is C13H14N2O3. The lowest BCUT2D eigenvalue weighted by Gasteiger charge is -2.03. The summed E-state index contributed by atoms with van der Waals surface area (Å²) in [7, 11) is 0. The molecule has 0 saturated carbocycles. The van der Waals surface area contributed by atoms with Gasteiger partial charge in [0.2, 0.25) is 0 Å². The molecule has 0 fully saturated rings. The molecule has 0 unspecified atom stereocenters. The van der Waals surface area contributed by atoms with E-state index in [4.69, 9.17) is 0 Å². The molecule has 2 aromatic rings. The molecule has 1 heterocycles. The van der Waals surface area contributed by atoms with E-state index in [1.165, 1.54) is 12.1 Å². The number of hydrogen-bond acceptors (Lipinski definition) is 3. The van der Waals surface area contributed by atoms with Crippen molar-refractivity contribution in [3.8, 4) is 0 Å². The smallest absolute Gasteiger partial charge is 0.270 e. The Kier molecular flexibility index (Phi) is 3.41. The number of carbonyl (C=O) groups is 1. The minimum absolute atomic E-state index is 0.0696. The predicted molar refractivity (Wildman–Crippen MR) is 68.5 cm³/mol. The lowest BCUT2D eigenvalue weighted by atomic mass is 10.2. The summed E-state index contributed by atoms with van der Waals surface area (Å²) in [5.74, 6) is 0.174. The average Bonchev–Trinajstić information content (AvgIpc) is 2.72. The number of fused-ring (bicyclic) bond motifs is 1. The Morgan fingerprint density at radius 2 is 2.17 bits per heavy atom. The summed E-state index contributed by atoms with van der Waals surface area (Å²) >= 11 is 0. The third-order valence-corrected chi connectivity index (χ3v) is 2.84. The fourth-order valence-corrected chi connectivity index (χ4v) is 1.99. The molecule has 0 atom stereocenters. The lowest BCUT2D eigenvalue weighted by Crippen LogP contribution is -2.08. The number of non-ortho nitro benzene ring substituents is 1. The molecule has 0 spiro atoms. The SMILES string of the molecule is CCCC(=O)Cn1ccc2cc([N+](=O)[O-])ccc21. The Hall–Kier alpha value is -2.17. The number of ketones is 1. The van der Waals surface area contributed by atoms with Gasteiger partial charge in [-0.2, -0.15) is 0 Å². The van der Waals surface area contributed by atoms with Crippen LogP contribution in [-0.2, 0) is 11.3 Å². The highest BCUT2D eigenvalue weighted by Gasteiger charge is 2.10. The van der Waals surface area contributed by atoms with E-state index < -0.39 is 4.92 Å². The second-order valence-corrected chi connectivity index (χ2v) is 4.23. The molecule has 94 valence electrons. The molecule has 0 amide bonds. The Morgan fingerprint density at radius 1 is 1.39 bits per heavy atom. The van der Waals surface area contributed by atoms with Gasteiger partial charge in [-0.1, -0.05) is 6.92 Å². The van der Waals surface area contributed by atoms with E-state index in [-0.39, 0.29) is 11.5 Å². The van der Waals surface area contributed by atoms with Crippen molar-refractivity contribution in [1.82, 2.24) is 4.57 Å². The van der Waals surface area contributed by atoms with Gasteiger partial charge in [-0.15, -0.1) is 0 Å². The minimum Gasteiger partial charge on any atom is -0.340 e. The van der Waals surface area contributed by atoms with Crippen molar-refractivity contribution >= 4 is 22.4 Å². The van der Waals surface area contributed by atoms with Gasteiger partial charge in [0, 0.05) is 35.7 Å². The van der Waals surface area contributed by atoms with Gasteiger partial charge >= 0.3 is 0 Å². The van der Waals surface area contributed by atoms with Gasteiger partial charge in [0.25, 0.3) is 5.69 Å². The lowest BCUT2D eigenvalue weighted by molar-refractivity contribution is -0.384. The maximum atomic E-state index is 11.6. The van der Waals surface area contributed by atoms with Crippen molar-refractivity contribution in [2.45, 2.75) is 26.3 Å². The number of Topliss-reactive ketones (excluding diaryl/α,β-unsaturated/α-hetero) is 1. The summed E-state index contributed by atoms with van der Waals surface area (Å²) < 4.78 is 1.83. The quantitative estimate of drug-likeness (QED) is 0.601. The highest BCUT2D eigenvalue weighted by molar-refractivity contribution is 5.85. The van der Waals surface area contributed by atoms with E-state index in [0.29, 0.717) is 13.0 Å². The van der Waals surface area contributed by atoms with Crippen LogP contribution in [0.4, 0.5) is 5.69 Å². The largest absolute Gasteiger partial charge is 0.340 e. The minimum atomic E-state index is -0.418. The van der Waals surface area contributed by atoms with Gasteiger partial charge in [-0.05, 0) is 18.6 Å². The number of carbonyl (C=O) groups excluding carboxylic acids is 1. The van der Waals surface area contributed by atoms with Crippen molar-refractivity contribution in [2.75, 3.05) is 0 Å². The van der Waals surface area contributed by atoms with Gasteiger partial charge in [-0.25, -0.2) is 0 Å². The van der Waals surface area contributed by atoms with Crippen molar-refractivity contribution in [3.63, 3.8) is 0 Å². The number of hydrogen-bond donors (Lipinski definition) is 0. The molecule has 0 aliphatic carbocycles. The summed E-state index contributed by atoms with van der Waals surface area (Å²) in [5, 5.41) is 11.4. The summed E-state index contributed by atoms with van der Waals surface area (Å²) in [4.78, 5) is 21.8. The van der Waals surface area contributed by atoms with Gasteiger partial charge in [-0.3, -0.25) is 14.9 Å². The van der Waals surface area contributed by atoms with Crippen LogP contribution in [-0.4, -0.2) is 15.3 Å². The monoisotopic (exact) mass is 246 g/mol. The van der Waals surface area contributed by atoms with Crippen molar-refractivity contribution in [2.24, 2.45) is 0 Å². The molecule has 0 aliphatic rings. The summed E-state index contributed by atoms with van der Waals surface area (Å²) in [5.41, 5.74) is 0.921. The van der Waals surface area contributed by atoms with Crippen LogP contribution in [0.1, 0.15) is 19.8 Å². The third kappa shape index (κ3) is 2.40.